The lowest BCUT2D eigenvalue weighted by Crippen LogP contribution is -2.33. The average Bonchev–Trinajstić information content (AvgIpc) is 2.80. The van der Waals surface area contributed by atoms with Crippen LogP contribution in [0.25, 0.3) is 0 Å². The van der Waals surface area contributed by atoms with Crippen molar-refractivity contribution in [2.45, 2.75) is 44.1 Å². The van der Waals surface area contributed by atoms with Gasteiger partial charge in [-0.1, -0.05) is 37.1 Å². The van der Waals surface area contributed by atoms with E-state index in [1.165, 1.54) is 0 Å². The van der Waals surface area contributed by atoms with Crippen LogP contribution in [-0.4, -0.2) is 19.6 Å². The molecule has 0 unspecified atom stereocenters. The van der Waals surface area contributed by atoms with Crippen molar-refractivity contribution in [3.8, 4) is 0 Å². The first-order valence-electron chi connectivity index (χ1n) is 6.28. The number of benzene rings is 1. The third-order valence-corrected chi connectivity index (χ3v) is 4.64. The highest BCUT2D eigenvalue weighted by Gasteiger charge is 2.21. The molecule has 0 spiro atoms. The molecule has 5 heteroatoms. The Bertz CT molecular complexity index is 493. The third-order valence-electron chi connectivity index (χ3n) is 3.23. The monoisotopic (exact) mass is 269 g/mol. The summed E-state index contributed by atoms with van der Waals surface area (Å²) in [6.45, 7) is -0.0655. The second-order valence-electron chi connectivity index (χ2n) is 4.84. The summed E-state index contributed by atoms with van der Waals surface area (Å²) in [6.07, 6.45) is 4.09. The summed E-state index contributed by atoms with van der Waals surface area (Å²) < 4.78 is 26.7. The lowest BCUT2D eigenvalue weighted by molar-refractivity contribution is 0.282. The minimum absolute atomic E-state index is 0.0165. The fraction of sp³-hybridized carbons (Fsp3) is 0.538. The van der Waals surface area contributed by atoms with Crippen molar-refractivity contribution in [2.24, 2.45) is 0 Å². The highest BCUT2D eigenvalue weighted by Crippen LogP contribution is 2.19. The Kier molecular flexibility index (Phi) is 4.37. The lowest BCUT2D eigenvalue weighted by atomic mass is 10.1. The number of aliphatic hydroxyl groups is 1. The van der Waals surface area contributed by atoms with Crippen molar-refractivity contribution in [2.75, 3.05) is 0 Å². The smallest absolute Gasteiger partial charge is 0.216 e. The first kappa shape index (κ1) is 13.5. The maximum Gasteiger partial charge on any atom is 0.216 e. The maximum atomic E-state index is 12.0. The highest BCUT2D eigenvalue weighted by atomic mass is 32.2. The molecular formula is C13H19NO3S. The molecule has 100 valence electrons. The van der Waals surface area contributed by atoms with Crippen LogP contribution in [0.15, 0.2) is 24.3 Å². The van der Waals surface area contributed by atoms with Crippen molar-refractivity contribution in [1.29, 1.82) is 0 Å². The van der Waals surface area contributed by atoms with Gasteiger partial charge in [-0.2, -0.15) is 0 Å². The number of sulfonamides is 1. The van der Waals surface area contributed by atoms with E-state index in [0.29, 0.717) is 5.56 Å². The first-order valence-corrected chi connectivity index (χ1v) is 7.93. The molecule has 0 amide bonds. The van der Waals surface area contributed by atoms with Gasteiger partial charge in [0.25, 0.3) is 0 Å². The van der Waals surface area contributed by atoms with Crippen LogP contribution in [0, 0.1) is 0 Å². The van der Waals surface area contributed by atoms with E-state index >= 15 is 0 Å². The van der Waals surface area contributed by atoms with Crippen molar-refractivity contribution in [1.82, 2.24) is 4.72 Å². The van der Waals surface area contributed by atoms with E-state index in [-0.39, 0.29) is 18.4 Å². The molecule has 0 radical (unpaired) electrons. The summed E-state index contributed by atoms with van der Waals surface area (Å²) in [5.41, 5.74) is 1.45. The molecule has 1 aromatic carbocycles. The van der Waals surface area contributed by atoms with Gasteiger partial charge in [0.15, 0.2) is 0 Å². The molecule has 0 bridgehead atoms. The Morgan fingerprint density at radius 1 is 1.22 bits per heavy atom. The molecule has 0 atom stereocenters. The molecule has 1 aliphatic carbocycles. The Balaban J connectivity index is 2.02. The second-order valence-corrected chi connectivity index (χ2v) is 6.59. The van der Waals surface area contributed by atoms with Gasteiger partial charge in [-0.3, -0.25) is 0 Å². The molecule has 2 rings (SSSR count). The zero-order valence-electron chi connectivity index (χ0n) is 10.3. The standard InChI is InChI=1S/C13H19NO3S/c15-9-11-4-3-5-12(8-11)10-18(16,17)14-13-6-1-2-7-13/h3-5,8,13-15H,1-2,6-7,9-10H2. The van der Waals surface area contributed by atoms with Gasteiger partial charge in [0.05, 0.1) is 12.4 Å². The Labute approximate surface area is 108 Å². The van der Waals surface area contributed by atoms with Gasteiger partial charge < -0.3 is 5.11 Å². The van der Waals surface area contributed by atoms with Crippen LogP contribution in [0.5, 0.6) is 0 Å². The van der Waals surface area contributed by atoms with Gasteiger partial charge in [-0.05, 0) is 24.0 Å². The van der Waals surface area contributed by atoms with Crippen LogP contribution >= 0.6 is 0 Å². The van der Waals surface area contributed by atoms with Crippen molar-refractivity contribution in [3.05, 3.63) is 35.4 Å². The molecule has 1 saturated carbocycles. The van der Waals surface area contributed by atoms with Crippen LogP contribution in [0.1, 0.15) is 36.8 Å². The number of hydrogen-bond acceptors (Lipinski definition) is 3. The lowest BCUT2D eigenvalue weighted by Gasteiger charge is -2.12. The summed E-state index contributed by atoms with van der Waals surface area (Å²) in [4.78, 5) is 0. The van der Waals surface area contributed by atoms with E-state index in [1.807, 2.05) is 0 Å². The average molecular weight is 269 g/mol. The van der Waals surface area contributed by atoms with Gasteiger partial charge in [0.1, 0.15) is 0 Å². The Morgan fingerprint density at radius 2 is 1.89 bits per heavy atom. The van der Waals surface area contributed by atoms with Gasteiger partial charge in [0.2, 0.25) is 10.0 Å². The molecule has 0 aromatic heterocycles. The molecule has 0 aliphatic heterocycles. The molecule has 1 aromatic rings. The molecule has 0 saturated heterocycles. The van der Waals surface area contributed by atoms with Crippen LogP contribution in [0.2, 0.25) is 0 Å². The number of hydrogen-bond donors (Lipinski definition) is 2. The van der Waals surface area contributed by atoms with Crippen molar-refractivity contribution < 1.29 is 13.5 Å². The molecular weight excluding hydrogens is 250 g/mol. The van der Waals surface area contributed by atoms with E-state index in [2.05, 4.69) is 4.72 Å². The van der Waals surface area contributed by atoms with Crippen LogP contribution < -0.4 is 4.72 Å². The number of rotatable bonds is 5. The molecule has 18 heavy (non-hydrogen) atoms. The predicted octanol–water partition coefficient (Wildman–Crippen LogP) is 1.54. The zero-order chi connectivity index (χ0) is 13.0. The van der Waals surface area contributed by atoms with Gasteiger partial charge in [0, 0.05) is 6.04 Å². The van der Waals surface area contributed by atoms with Crippen molar-refractivity contribution in [3.63, 3.8) is 0 Å². The van der Waals surface area contributed by atoms with E-state index in [4.69, 9.17) is 5.11 Å². The highest BCUT2D eigenvalue weighted by molar-refractivity contribution is 7.88. The molecule has 0 heterocycles. The van der Waals surface area contributed by atoms with E-state index in [1.54, 1.807) is 24.3 Å². The van der Waals surface area contributed by atoms with Crippen LogP contribution in [-0.2, 0) is 22.4 Å². The van der Waals surface area contributed by atoms with Crippen LogP contribution in [0.4, 0.5) is 0 Å². The van der Waals surface area contributed by atoms with E-state index in [0.717, 1.165) is 31.2 Å². The second kappa shape index (κ2) is 5.82. The molecule has 2 N–H and O–H groups in total. The Hall–Kier alpha value is -0.910. The van der Waals surface area contributed by atoms with E-state index in [9.17, 15) is 8.42 Å². The molecule has 4 nitrogen and oxygen atoms in total. The minimum Gasteiger partial charge on any atom is -0.392 e. The first-order chi connectivity index (χ1) is 8.59. The summed E-state index contributed by atoms with van der Waals surface area (Å²) in [5, 5.41) is 9.03. The maximum absolute atomic E-state index is 12.0. The van der Waals surface area contributed by atoms with Crippen LogP contribution in [0.3, 0.4) is 0 Å². The third kappa shape index (κ3) is 3.80. The number of aliphatic hydroxyl groups excluding tert-OH is 1. The number of nitrogens with one attached hydrogen (secondary N) is 1. The minimum atomic E-state index is -3.27. The summed E-state index contributed by atoms with van der Waals surface area (Å²) in [7, 11) is -3.27. The summed E-state index contributed by atoms with van der Waals surface area (Å²) in [5.74, 6) is -0.0165. The molecule has 1 aliphatic rings. The topological polar surface area (TPSA) is 66.4 Å². The predicted molar refractivity (Wildman–Crippen MR) is 70.4 cm³/mol. The zero-order valence-corrected chi connectivity index (χ0v) is 11.1. The quantitative estimate of drug-likeness (QED) is 0.852. The summed E-state index contributed by atoms with van der Waals surface area (Å²) >= 11 is 0. The van der Waals surface area contributed by atoms with Gasteiger partial charge in [-0.15, -0.1) is 0 Å². The fourth-order valence-corrected chi connectivity index (χ4v) is 3.82. The SMILES string of the molecule is O=S(=O)(Cc1cccc(CO)c1)NC1CCCC1. The Morgan fingerprint density at radius 3 is 2.56 bits per heavy atom. The van der Waals surface area contributed by atoms with E-state index < -0.39 is 10.0 Å². The normalized spacial score (nSPS) is 17.2. The fourth-order valence-electron chi connectivity index (χ4n) is 2.38. The summed E-state index contributed by atoms with van der Waals surface area (Å²) in [6, 6.07) is 7.16. The van der Waals surface area contributed by atoms with Gasteiger partial charge in [-0.25, -0.2) is 13.1 Å². The van der Waals surface area contributed by atoms with Gasteiger partial charge >= 0.3 is 0 Å². The van der Waals surface area contributed by atoms with Crippen molar-refractivity contribution >= 4 is 10.0 Å². The largest absolute Gasteiger partial charge is 0.392 e. The molecule has 1 fully saturated rings.